The molecule has 0 radical (unpaired) electrons. The number of thiocarbonyl (C=S) groups is 1. The summed E-state index contributed by atoms with van der Waals surface area (Å²) in [4.78, 5) is 0. The molecule has 16 heavy (non-hydrogen) atoms. The van der Waals surface area contributed by atoms with Crippen LogP contribution in [0.25, 0.3) is 0 Å². The lowest BCUT2D eigenvalue weighted by atomic mass is 10.3. The van der Waals surface area contributed by atoms with Gasteiger partial charge in [-0.2, -0.15) is 0 Å². The molecule has 2 atom stereocenters. The first-order chi connectivity index (χ1) is 7.44. The molecule has 0 aromatic carbocycles. The van der Waals surface area contributed by atoms with Crippen molar-refractivity contribution in [3.8, 4) is 0 Å². The van der Waals surface area contributed by atoms with Crippen molar-refractivity contribution in [1.82, 2.24) is 5.32 Å². The summed E-state index contributed by atoms with van der Waals surface area (Å²) in [5.74, 6) is 1.11. The molecule has 0 amide bonds. The zero-order valence-corrected chi connectivity index (χ0v) is 12.3. The Kier molecular flexibility index (Phi) is 5.84. The van der Waals surface area contributed by atoms with Crippen LogP contribution in [0.3, 0.4) is 0 Å². The van der Waals surface area contributed by atoms with Crippen molar-refractivity contribution in [2.45, 2.75) is 31.2 Å². The van der Waals surface area contributed by atoms with E-state index in [-0.39, 0.29) is 22.9 Å². The number of nitrogens with one attached hydrogen (secondary N) is 1. The lowest BCUT2D eigenvalue weighted by molar-refractivity contribution is 0.600. The lowest BCUT2D eigenvalue weighted by Crippen LogP contribution is -2.38. The molecule has 1 aliphatic heterocycles. The first-order valence-electron chi connectivity index (χ1n) is 5.22. The highest BCUT2D eigenvalue weighted by Crippen LogP contribution is 2.19. The smallest absolute Gasteiger partial charge is 0.153 e. The molecule has 0 bridgehead atoms. The van der Waals surface area contributed by atoms with Crippen LogP contribution in [0.2, 0.25) is 0 Å². The van der Waals surface area contributed by atoms with Gasteiger partial charge in [0.15, 0.2) is 9.84 Å². The molecule has 3 nitrogen and oxygen atoms in total. The van der Waals surface area contributed by atoms with Gasteiger partial charge in [0, 0.05) is 5.75 Å². The third kappa shape index (κ3) is 4.77. The first-order valence-corrected chi connectivity index (χ1v) is 8.87. The zero-order chi connectivity index (χ0) is 12.2. The van der Waals surface area contributed by atoms with Crippen LogP contribution in [-0.2, 0) is 9.84 Å². The summed E-state index contributed by atoms with van der Waals surface area (Å²) < 4.78 is 23.3. The summed E-state index contributed by atoms with van der Waals surface area (Å²) in [5, 5.41) is 2.66. The molecule has 0 spiro atoms. The molecule has 1 heterocycles. The monoisotopic (exact) mass is 301 g/mol. The van der Waals surface area contributed by atoms with Gasteiger partial charge >= 0.3 is 0 Å². The van der Waals surface area contributed by atoms with Crippen molar-refractivity contribution in [3.63, 3.8) is 0 Å². The fraction of sp³-hybridized carbons (Fsp3) is 0.889. The van der Waals surface area contributed by atoms with Gasteiger partial charge in [-0.15, -0.1) is 11.6 Å². The average molecular weight is 302 g/mol. The van der Waals surface area contributed by atoms with E-state index < -0.39 is 9.84 Å². The molecule has 1 rings (SSSR count). The summed E-state index contributed by atoms with van der Waals surface area (Å²) in [5.41, 5.74) is 0. The number of alkyl halides is 1. The normalized spacial score (nSPS) is 27.9. The molecule has 1 fully saturated rings. The Morgan fingerprint density at radius 1 is 1.56 bits per heavy atom. The zero-order valence-electron chi connectivity index (χ0n) is 9.11. The fourth-order valence-electron chi connectivity index (χ4n) is 1.44. The molecule has 0 aliphatic carbocycles. The Hall–Kier alpha value is 0.480. The average Bonchev–Trinajstić information content (AvgIpc) is 2.40. The Bertz CT molecular complexity index is 345. The Morgan fingerprint density at radius 2 is 2.25 bits per heavy atom. The third-order valence-corrected chi connectivity index (χ3v) is 6.04. The molecule has 1 saturated heterocycles. The van der Waals surface area contributed by atoms with Crippen molar-refractivity contribution >= 4 is 49.7 Å². The predicted octanol–water partition coefficient (Wildman–Crippen LogP) is 1.80. The lowest BCUT2D eigenvalue weighted by Gasteiger charge is -2.15. The number of hydrogen-bond donors (Lipinski definition) is 1. The number of thioether (sulfide) groups is 1. The van der Waals surface area contributed by atoms with Crippen molar-refractivity contribution < 1.29 is 8.42 Å². The van der Waals surface area contributed by atoms with Gasteiger partial charge in [0.2, 0.25) is 0 Å². The van der Waals surface area contributed by atoms with Crippen molar-refractivity contribution in [1.29, 1.82) is 0 Å². The summed E-state index contributed by atoms with van der Waals surface area (Å²) in [7, 11) is -2.98. The van der Waals surface area contributed by atoms with E-state index in [1.165, 1.54) is 0 Å². The SMILES string of the molecule is CCCCSC(=S)N[C@H]1CS(=O)(=O)C[C@@H]1Cl. The van der Waals surface area contributed by atoms with E-state index >= 15 is 0 Å². The van der Waals surface area contributed by atoms with E-state index in [1.807, 2.05) is 0 Å². The minimum atomic E-state index is -2.98. The molecular weight excluding hydrogens is 286 g/mol. The number of halogens is 1. The summed E-state index contributed by atoms with van der Waals surface area (Å²) in [6.07, 6.45) is 2.24. The van der Waals surface area contributed by atoms with Crippen LogP contribution < -0.4 is 5.32 Å². The second kappa shape index (κ2) is 6.42. The molecule has 94 valence electrons. The van der Waals surface area contributed by atoms with Gasteiger partial charge in [0.1, 0.15) is 4.32 Å². The predicted molar refractivity (Wildman–Crippen MR) is 75.2 cm³/mol. The number of unbranched alkanes of at least 4 members (excludes halogenated alkanes) is 1. The van der Waals surface area contributed by atoms with Crippen LogP contribution in [0.5, 0.6) is 0 Å². The maximum absolute atomic E-state index is 11.3. The van der Waals surface area contributed by atoms with Crippen molar-refractivity contribution in [3.05, 3.63) is 0 Å². The van der Waals surface area contributed by atoms with Crippen molar-refractivity contribution in [2.75, 3.05) is 17.3 Å². The van der Waals surface area contributed by atoms with E-state index in [1.54, 1.807) is 11.8 Å². The quantitative estimate of drug-likeness (QED) is 0.487. The second-order valence-electron chi connectivity index (χ2n) is 3.83. The number of hydrogen-bond acceptors (Lipinski definition) is 4. The molecule has 1 aliphatic rings. The molecule has 0 saturated carbocycles. The summed E-state index contributed by atoms with van der Waals surface area (Å²) in [6.45, 7) is 2.12. The summed E-state index contributed by atoms with van der Waals surface area (Å²) in [6, 6.07) is -0.228. The van der Waals surface area contributed by atoms with E-state index in [9.17, 15) is 8.42 Å². The second-order valence-corrected chi connectivity index (χ2v) is 8.32. The summed E-state index contributed by atoms with van der Waals surface area (Å²) >= 11 is 12.6. The molecule has 0 aromatic heterocycles. The molecular formula is C9H16ClNO2S3. The van der Waals surface area contributed by atoms with Gasteiger partial charge in [-0.3, -0.25) is 0 Å². The van der Waals surface area contributed by atoms with Crippen LogP contribution in [0, 0.1) is 0 Å². The van der Waals surface area contributed by atoms with Crippen molar-refractivity contribution in [2.24, 2.45) is 0 Å². The maximum Gasteiger partial charge on any atom is 0.153 e. The van der Waals surface area contributed by atoms with Gasteiger partial charge < -0.3 is 5.32 Å². The highest BCUT2D eigenvalue weighted by Gasteiger charge is 2.36. The Balaban J connectivity index is 2.35. The van der Waals surface area contributed by atoms with Crippen LogP contribution in [0.15, 0.2) is 0 Å². The van der Waals surface area contributed by atoms with Gasteiger partial charge in [-0.1, -0.05) is 37.3 Å². The Labute approximate surface area is 112 Å². The minimum Gasteiger partial charge on any atom is -0.366 e. The number of rotatable bonds is 4. The third-order valence-electron chi connectivity index (χ3n) is 2.32. The molecule has 0 aromatic rings. The fourth-order valence-corrected chi connectivity index (χ4v) is 5.24. The van der Waals surface area contributed by atoms with Gasteiger partial charge in [-0.25, -0.2) is 8.42 Å². The van der Waals surface area contributed by atoms with Crippen LogP contribution in [0.4, 0.5) is 0 Å². The van der Waals surface area contributed by atoms with E-state index in [0.29, 0.717) is 4.32 Å². The highest BCUT2D eigenvalue weighted by atomic mass is 35.5. The van der Waals surface area contributed by atoms with Gasteiger partial charge in [-0.05, 0) is 6.42 Å². The molecule has 0 unspecified atom stereocenters. The molecule has 7 heteroatoms. The van der Waals surface area contributed by atoms with Crippen LogP contribution in [-0.4, -0.2) is 41.4 Å². The van der Waals surface area contributed by atoms with Gasteiger partial charge in [0.05, 0.1) is 22.9 Å². The van der Waals surface area contributed by atoms with E-state index in [2.05, 4.69) is 12.2 Å². The Morgan fingerprint density at radius 3 is 2.75 bits per heavy atom. The number of sulfone groups is 1. The van der Waals surface area contributed by atoms with E-state index in [4.69, 9.17) is 23.8 Å². The molecule has 1 N–H and O–H groups in total. The van der Waals surface area contributed by atoms with Gasteiger partial charge in [0.25, 0.3) is 0 Å². The maximum atomic E-state index is 11.3. The highest BCUT2D eigenvalue weighted by molar-refractivity contribution is 8.22. The topological polar surface area (TPSA) is 46.2 Å². The first kappa shape index (κ1) is 14.5. The minimum absolute atomic E-state index is 0.0501. The largest absolute Gasteiger partial charge is 0.366 e. The standard InChI is InChI=1S/C9H16ClNO2S3/c1-2-3-4-15-9(14)11-8-6-16(12,13)5-7(8)10/h7-8H,2-6H2,1H3,(H,11,14)/t7-,8-/m0/s1. The van der Waals surface area contributed by atoms with E-state index in [0.717, 1.165) is 18.6 Å². The van der Waals surface area contributed by atoms with Crippen LogP contribution >= 0.6 is 35.6 Å². The van der Waals surface area contributed by atoms with Crippen LogP contribution in [0.1, 0.15) is 19.8 Å².